The second kappa shape index (κ2) is 6.08. The number of pyridine rings is 1. The second-order valence-corrected chi connectivity index (χ2v) is 5.54. The van der Waals surface area contributed by atoms with Gasteiger partial charge in [0.15, 0.2) is 5.82 Å². The summed E-state index contributed by atoms with van der Waals surface area (Å²) in [6, 6.07) is 5.77. The van der Waals surface area contributed by atoms with Crippen LogP contribution in [0.2, 0.25) is 0 Å². The Balaban J connectivity index is 1.58. The molecule has 0 aliphatic heterocycles. The lowest BCUT2D eigenvalue weighted by molar-refractivity contribution is -0.115. The second-order valence-electron chi connectivity index (χ2n) is 5.54. The molecule has 1 fully saturated rings. The van der Waals surface area contributed by atoms with Gasteiger partial charge in [-0.2, -0.15) is 5.10 Å². The SMILES string of the molecule is Cc1ccc(CC(=O)Nc2cc([C@H]3C[CH]CC3)[nH]n2)cn1. The highest BCUT2D eigenvalue weighted by Gasteiger charge is 2.19. The maximum Gasteiger partial charge on any atom is 0.230 e. The van der Waals surface area contributed by atoms with Crippen LogP contribution in [0.1, 0.15) is 42.1 Å². The molecule has 0 spiro atoms. The van der Waals surface area contributed by atoms with E-state index in [1.165, 1.54) is 0 Å². The summed E-state index contributed by atoms with van der Waals surface area (Å²) < 4.78 is 0. The number of amides is 1. The number of H-pyrrole nitrogens is 1. The molecule has 1 aliphatic carbocycles. The maximum atomic E-state index is 12.0. The molecule has 0 bridgehead atoms. The van der Waals surface area contributed by atoms with E-state index in [0.717, 1.165) is 36.2 Å². The maximum absolute atomic E-state index is 12.0. The van der Waals surface area contributed by atoms with E-state index in [1.54, 1.807) is 6.20 Å². The van der Waals surface area contributed by atoms with Crippen molar-refractivity contribution in [2.45, 2.75) is 38.5 Å². The van der Waals surface area contributed by atoms with Crippen LogP contribution in [-0.4, -0.2) is 21.1 Å². The van der Waals surface area contributed by atoms with Crippen LogP contribution in [0, 0.1) is 13.3 Å². The number of hydrogen-bond acceptors (Lipinski definition) is 3. The minimum absolute atomic E-state index is 0.0725. The quantitative estimate of drug-likeness (QED) is 0.906. The largest absolute Gasteiger partial charge is 0.309 e. The first-order valence-corrected chi connectivity index (χ1v) is 7.29. The standard InChI is InChI=1S/C16H19N4O/c1-11-6-7-12(10-17-11)8-16(21)18-15-9-14(19-20-15)13-4-2-3-5-13/h2,6-7,9-10,13H,3-5,8H2,1H3,(H2,18,19,20,21)/t13-/m0/s1. The van der Waals surface area contributed by atoms with Gasteiger partial charge in [-0.05, 0) is 44.2 Å². The molecule has 2 N–H and O–H groups in total. The van der Waals surface area contributed by atoms with Crippen LogP contribution in [-0.2, 0) is 11.2 Å². The molecule has 5 nitrogen and oxygen atoms in total. The highest BCUT2D eigenvalue weighted by molar-refractivity contribution is 5.91. The Bertz CT molecular complexity index is 611. The molecular weight excluding hydrogens is 264 g/mol. The van der Waals surface area contributed by atoms with Crippen molar-refractivity contribution < 1.29 is 4.79 Å². The Kier molecular flexibility index (Phi) is 3.99. The number of carbonyl (C=O) groups is 1. The van der Waals surface area contributed by atoms with E-state index in [2.05, 4.69) is 26.9 Å². The van der Waals surface area contributed by atoms with Crippen molar-refractivity contribution in [2.24, 2.45) is 0 Å². The minimum Gasteiger partial charge on any atom is -0.309 e. The van der Waals surface area contributed by atoms with Crippen molar-refractivity contribution >= 4 is 11.7 Å². The zero-order chi connectivity index (χ0) is 14.7. The number of hydrogen-bond donors (Lipinski definition) is 2. The molecule has 0 saturated heterocycles. The Hall–Kier alpha value is -2.17. The Morgan fingerprint density at radius 2 is 2.38 bits per heavy atom. The van der Waals surface area contributed by atoms with Crippen molar-refractivity contribution in [3.05, 3.63) is 47.8 Å². The van der Waals surface area contributed by atoms with Gasteiger partial charge in [0.05, 0.1) is 6.42 Å². The molecule has 109 valence electrons. The molecular formula is C16H19N4O. The van der Waals surface area contributed by atoms with Gasteiger partial charge in [0.2, 0.25) is 5.91 Å². The zero-order valence-corrected chi connectivity index (χ0v) is 12.1. The summed E-state index contributed by atoms with van der Waals surface area (Å²) in [4.78, 5) is 16.2. The number of aromatic nitrogens is 3. The van der Waals surface area contributed by atoms with Crippen LogP contribution in [0.5, 0.6) is 0 Å². The lowest BCUT2D eigenvalue weighted by Gasteiger charge is -2.04. The Labute approximate surface area is 124 Å². The molecule has 3 rings (SSSR count). The molecule has 1 radical (unpaired) electrons. The van der Waals surface area contributed by atoms with Gasteiger partial charge in [0, 0.05) is 29.6 Å². The summed E-state index contributed by atoms with van der Waals surface area (Å²) in [5, 5.41) is 10.0. The molecule has 2 aromatic heterocycles. The van der Waals surface area contributed by atoms with Gasteiger partial charge in [-0.3, -0.25) is 14.9 Å². The van der Waals surface area contributed by atoms with E-state index in [4.69, 9.17) is 0 Å². The summed E-state index contributed by atoms with van der Waals surface area (Å²) in [5.41, 5.74) is 2.96. The Morgan fingerprint density at radius 1 is 1.48 bits per heavy atom. The fourth-order valence-corrected chi connectivity index (χ4v) is 2.62. The van der Waals surface area contributed by atoms with Crippen molar-refractivity contribution in [3.63, 3.8) is 0 Å². The molecule has 21 heavy (non-hydrogen) atoms. The van der Waals surface area contributed by atoms with Gasteiger partial charge in [-0.25, -0.2) is 0 Å². The van der Waals surface area contributed by atoms with Gasteiger partial charge < -0.3 is 5.32 Å². The van der Waals surface area contributed by atoms with Crippen LogP contribution in [0.15, 0.2) is 24.4 Å². The van der Waals surface area contributed by atoms with E-state index in [1.807, 2.05) is 25.1 Å². The number of aryl methyl sites for hydroxylation is 1. The van der Waals surface area contributed by atoms with Crippen LogP contribution >= 0.6 is 0 Å². The molecule has 2 aromatic rings. The van der Waals surface area contributed by atoms with Gasteiger partial charge in [0.1, 0.15) is 0 Å². The number of aromatic amines is 1. The number of nitrogens with one attached hydrogen (secondary N) is 2. The molecule has 5 heteroatoms. The van der Waals surface area contributed by atoms with Crippen LogP contribution in [0.3, 0.4) is 0 Å². The first-order valence-electron chi connectivity index (χ1n) is 7.29. The predicted molar refractivity (Wildman–Crippen MR) is 80.8 cm³/mol. The zero-order valence-electron chi connectivity index (χ0n) is 12.1. The van der Waals surface area contributed by atoms with Crippen LogP contribution in [0.25, 0.3) is 0 Å². The number of carbonyl (C=O) groups excluding carboxylic acids is 1. The molecule has 2 heterocycles. The average Bonchev–Trinajstić information content (AvgIpc) is 3.12. The summed E-state index contributed by atoms with van der Waals surface area (Å²) in [5.74, 6) is 1.04. The lowest BCUT2D eigenvalue weighted by Crippen LogP contribution is -2.14. The van der Waals surface area contributed by atoms with Crippen LogP contribution < -0.4 is 5.32 Å². The van der Waals surface area contributed by atoms with Gasteiger partial charge >= 0.3 is 0 Å². The molecule has 1 amide bonds. The minimum atomic E-state index is -0.0725. The predicted octanol–water partition coefficient (Wildman–Crippen LogP) is 2.77. The fraction of sp³-hybridized carbons (Fsp3) is 0.375. The topological polar surface area (TPSA) is 70.7 Å². The van der Waals surface area contributed by atoms with Gasteiger partial charge in [-0.15, -0.1) is 0 Å². The van der Waals surface area contributed by atoms with E-state index in [-0.39, 0.29) is 5.91 Å². The van der Waals surface area contributed by atoms with E-state index < -0.39 is 0 Å². The summed E-state index contributed by atoms with van der Waals surface area (Å²) in [6.07, 6.45) is 7.75. The van der Waals surface area contributed by atoms with E-state index in [9.17, 15) is 4.79 Å². The molecule has 1 aliphatic rings. The van der Waals surface area contributed by atoms with Gasteiger partial charge in [-0.1, -0.05) is 6.07 Å². The smallest absolute Gasteiger partial charge is 0.230 e. The van der Waals surface area contributed by atoms with Crippen molar-refractivity contribution in [2.75, 3.05) is 5.32 Å². The number of anilines is 1. The van der Waals surface area contributed by atoms with Crippen molar-refractivity contribution in [1.82, 2.24) is 15.2 Å². The summed E-state index contributed by atoms with van der Waals surface area (Å²) >= 11 is 0. The average molecular weight is 283 g/mol. The Morgan fingerprint density at radius 3 is 3.10 bits per heavy atom. The molecule has 1 saturated carbocycles. The first-order chi connectivity index (χ1) is 10.2. The third-order valence-corrected chi connectivity index (χ3v) is 3.81. The third-order valence-electron chi connectivity index (χ3n) is 3.81. The fourth-order valence-electron chi connectivity index (χ4n) is 2.62. The number of rotatable bonds is 4. The third kappa shape index (κ3) is 3.48. The molecule has 0 unspecified atom stereocenters. The summed E-state index contributed by atoms with van der Waals surface area (Å²) in [7, 11) is 0. The first kappa shape index (κ1) is 13.8. The van der Waals surface area contributed by atoms with E-state index >= 15 is 0 Å². The van der Waals surface area contributed by atoms with Crippen molar-refractivity contribution in [1.29, 1.82) is 0 Å². The number of nitrogens with zero attached hydrogens (tertiary/aromatic N) is 2. The van der Waals surface area contributed by atoms with Crippen LogP contribution in [0.4, 0.5) is 5.82 Å². The highest BCUT2D eigenvalue weighted by Crippen LogP contribution is 2.32. The van der Waals surface area contributed by atoms with E-state index in [0.29, 0.717) is 18.2 Å². The normalized spacial score (nSPS) is 15.3. The molecule has 1 atom stereocenters. The lowest BCUT2D eigenvalue weighted by atomic mass is 10.0. The monoisotopic (exact) mass is 283 g/mol. The van der Waals surface area contributed by atoms with Gasteiger partial charge in [0.25, 0.3) is 0 Å². The highest BCUT2D eigenvalue weighted by atomic mass is 16.1. The van der Waals surface area contributed by atoms with Crippen molar-refractivity contribution in [3.8, 4) is 0 Å². The molecule has 0 aromatic carbocycles. The summed E-state index contributed by atoms with van der Waals surface area (Å²) in [6.45, 7) is 1.93.